The minimum atomic E-state index is -3.69. The molecule has 0 spiro atoms. The van der Waals surface area contributed by atoms with Crippen molar-refractivity contribution in [2.24, 2.45) is 0 Å². The van der Waals surface area contributed by atoms with Gasteiger partial charge in [0.05, 0.1) is 13.7 Å². The van der Waals surface area contributed by atoms with Crippen LogP contribution >= 0.6 is 22.6 Å². The summed E-state index contributed by atoms with van der Waals surface area (Å²) in [5.41, 5.74) is 0. The first-order chi connectivity index (χ1) is 4.12. The molecular formula is C3H7IO4S. The lowest BCUT2D eigenvalue weighted by Gasteiger charge is -1.97. The van der Waals surface area contributed by atoms with Crippen LogP contribution in [0.2, 0.25) is 0 Å². The third kappa shape index (κ3) is 5.07. The largest absolute Gasteiger partial charge is 0.399 e. The molecule has 0 unspecified atom stereocenters. The second-order valence-electron chi connectivity index (χ2n) is 1.09. The third-order valence-electron chi connectivity index (χ3n) is 0.509. The Bertz CT molecular complexity index is 151. The topological polar surface area (TPSA) is 52.6 Å². The summed E-state index contributed by atoms with van der Waals surface area (Å²) in [6, 6.07) is 0. The summed E-state index contributed by atoms with van der Waals surface area (Å²) in [7, 11) is -2.63. The van der Waals surface area contributed by atoms with Gasteiger partial charge in [0.15, 0.2) is 0 Å². The Morgan fingerprint density at radius 1 is 1.56 bits per heavy atom. The molecule has 0 aromatic rings. The minimum Gasteiger partial charge on any atom is -0.252 e. The quantitative estimate of drug-likeness (QED) is 0.543. The molecule has 6 heteroatoms. The molecule has 0 saturated carbocycles. The van der Waals surface area contributed by atoms with E-state index >= 15 is 0 Å². The predicted octanol–water partition coefficient (Wildman–Crippen LogP) is 0.329. The molecule has 0 aromatic carbocycles. The van der Waals surface area contributed by atoms with E-state index in [1.54, 1.807) is 0 Å². The molecule has 9 heavy (non-hydrogen) atoms. The molecule has 0 aliphatic carbocycles. The molecule has 0 aromatic heterocycles. The highest BCUT2D eigenvalue weighted by molar-refractivity contribution is 14.1. The maximum atomic E-state index is 10.3. The SMILES string of the molecule is COS(=O)(=O)OCCI. The highest BCUT2D eigenvalue weighted by atomic mass is 127. The number of hydrogen-bond donors (Lipinski definition) is 0. The molecule has 0 bridgehead atoms. The van der Waals surface area contributed by atoms with Gasteiger partial charge in [0.25, 0.3) is 0 Å². The van der Waals surface area contributed by atoms with Crippen LogP contribution in [0.15, 0.2) is 0 Å². The summed E-state index contributed by atoms with van der Waals surface area (Å²) in [4.78, 5) is 0. The van der Waals surface area contributed by atoms with Crippen LogP contribution in [0.3, 0.4) is 0 Å². The van der Waals surface area contributed by atoms with Crippen molar-refractivity contribution >= 4 is 33.0 Å². The van der Waals surface area contributed by atoms with E-state index in [0.29, 0.717) is 4.43 Å². The van der Waals surface area contributed by atoms with Gasteiger partial charge in [-0.1, -0.05) is 22.6 Å². The predicted molar refractivity (Wildman–Crippen MR) is 40.8 cm³/mol. The second-order valence-corrected chi connectivity index (χ2v) is 3.55. The lowest BCUT2D eigenvalue weighted by atomic mass is 10.9. The molecule has 0 heterocycles. The van der Waals surface area contributed by atoms with Gasteiger partial charge in [-0.25, -0.2) is 4.18 Å². The van der Waals surface area contributed by atoms with Gasteiger partial charge >= 0.3 is 10.4 Å². The van der Waals surface area contributed by atoms with Crippen LogP contribution in [0.25, 0.3) is 0 Å². The van der Waals surface area contributed by atoms with Crippen LogP contribution in [0.1, 0.15) is 0 Å². The van der Waals surface area contributed by atoms with Crippen molar-refractivity contribution < 1.29 is 16.8 Å². The average Bonchev–Trinajstić information content (AvgIpc) is 1.84. The standard InChI is InChI=1S/C3H7IO4S/c1-7-9(5,6)8-3-2-4/h2-3H2,1H3. The van der Waals surface area contributed by atoms with Gasteiger partial charge in [0, 0.05) is 4.43 Å². The zero-order chi connectivity index (χ0) is 7.33. The molecule has 0 radical (unpaired) electrons. The van der Waals surface area contributed by atoms with Crippen molar-refractivity contribution in [1.29, 1.82) is 0 Å². The molecule has 0 amide bonds. The van der Waals surface area contributed by atoms with Gasteiger partial charge in [-0.15, -0.1) is 0 Å². The molecule has 0 saturated heterocycles. The van der Waals surface area contributed by atoms with Crippen molar-refractivity contribution in [3.05, 3.63) is 0 Å². The highest BCUT2D eigenvalue weighted by Crippen LogP contribution is 1.93. The third-order valence-corrected chi connectivity index (χ3v) is 1.81. The first kappa shape index (κ1) is 9.60. The fourth-order valence-electron chi connectivity index (χ4n) is 0.182. The van der Waals surface area contributed by atoms with Crippen LogP contribution in [-0.4, -0.2) is 26.6 Å². The van der Waals surface area contributed by atoms with E-state index in [1.807, 2.05) is 22.6 Å². The van der Waals surface area contributed by atoms with E-state index in [9.17, 15) is 8.42 Å². The summed E-state index contributed by atoms with van der Waals surface area (Å²) in [5.74, 6) is 0. The summed E-state index contributed by atoms with van der Waals surface area (Å²) >= 11 is 2.00. The van der Waals surface area contributed by atoms with Crippen molar-refractivity contribution in [1.82, 2.24) is 0 Å². The smallest absolute Gasteiger partial charge is 0.252 e. The van der Waals surface area contributed by atoms with E-state index in [-0.39, 0.29) is 6.61 Å². The maximum absolute atomic E-state index is 10.3. The average molecular weight is 266 g/mol. The Morgan fingerprint density at radius 2 is 2.11 bits per heavy atom. The van der Waals surface area contributed by atoms with Crippen LogP contribution in [0.5, 0.6) is 0 Å². The molecule has 0 fully saturated rings. The number of rotatable bonds is 4. The van der Waals surface area contributed by atoms with Crippen LogP contribution < -0.4 is 0 Å². The lowest BCUT2D eigenvalue weighted by Crippen LogP contribution is -2.08. The fourth-order valence-corrected chi connectivity index (χ4v) is 1.08. The fraction of sp³-hybridized carbons (Fsp3) is 1.00. The molecule has 0 aliphatic heterocycles. The van der Waals surface area contributed by atoms with E-state index in [4.69, 9.17) is 0 Å². The number of halogens is 1. The highest BCUT2D eigenvalue weighted by Gasteiger charge is 2.05. The Labute approximate surface area is 68.0 Å². The molecule has 0 N–H and O–H groups in total. The monoisotopic (exact) mass is 266 g/mol. The number of alkyl halides is 1. The summed E-state index contributed by atoms with van der Waals surface area (Å²) in [5, 5.41) is 0. The summed E-state index contributed by atoms with van der Waals surface area (Å²) < 4.78 is 29.5. The molecule has 4 nitrogen and oxygen atoms in total. The summed E-state index contributed by atoms with van der Waals surface area (Å²) in [6.07, 6.45) is 0. The van der Waals surface area contributed by atoms with Gasteiger partial charge in [-0.2, -0.15) is 8.42 Å². The normalized spacial score (nSPS) is 11.8. The van der Waals surface area contributed by atoms with Gasteiger partial charge in [0.1, 0.15) is 0 Å². The minimum absolute atomic E-state index is 0.163. The van der Waals surface area contributed by atoms with E-state index in [2.05, 4.69) is 8.37 Å². The Morgan fingerprint density at radius 3 is 2.44 bits per heavy atom. The number of hydrogen-bond acceptors (Lipinski definition) is 4. The van der Waals surface area contributed by atoms with Crippen molar-refractivity contribution in [2.75, 3.05) is 18.1 Å². The zero-order valence-electron chi connectivity index (χ0n) is 4.83. The van der Waals surface area contributed by atoms with Crippen LogP contribution in [0, 0.1) is 0 Å². The summed E-state index contributed by atoms with van der Waals surface area (Å²) in [6.45, 7) is 0.163. The van der Waals surface area contributed by atoms with E-state index in [0.717, 1.165) is 7.11 Å². The molecular weight excluding hydrogens is 259 g/mol. The van der Waals surface area contributed by atoms with Crippen molar-refractivity contribution in [3.63, 3.8) is 0 Å². The lowest BCUT2D eigenvalue weighted by molar-refractivity contribution is 0.257. The van der Waals surface area contributed by atoms with Crippen LogP contribution in [0.4, 0.5) is 0 Å². The van der Waals surface area contributed by atoms with Gasteiger partial charge < -0.3 is 0 Å². The molecule has 56 valence electrons. The molecule has 0 atom stereocenters. The Balaban J connectivity index is 3.61. The molecule has 0 aliphatic rings. The Kier molecular flexibility index (Phi) is 4.72. The maximum Gasteiger partial charge on any atom is 0.399 e. The van der Waals surface area contributed by atoms with Gasteiger partial charge in [-0.3, -0.25) is 4.18 Å². The van der Waals surface area contributed by atoms with Crippen molar-refractivity contribution in [3.8, 4) is 0 Å². The zero-order valence-corrected chi connectivity index (χ0v) is 7.81. The Hall–Kier alpha value is 0.600. The molecule has 0 rings (SSSR count). The van der Waals surface area contributed by atoms with Gasteiger partial charge in [-0.05, 0) is 0 Å². The van der Waals surface area contributed by atoms with Gasteiger partial charge in [0.2, 0.25) is 0 Å². The second kappa shape index (κ2) is 4.42. The van der Waals surface area contributed by atoms with E-state index in [1.165, 1.54) is 0 Å². The van der Waals surface area contributed by atoms with Crippen LogP contribution in [-0.2, 0) is 18.8 Å². The first-order valence-electron chi connectivity index (χ1n) is 2.13. The van der Waals surface area contributed by atoms with E-state index < -0.39 is 10.4 Å². The van der Waals surface area contributed by atoms with Crippen molar-refractivity contribution in [2.45, 2.75) is 0 Å². The first-order valence-corrected chi connectivity index (χ1v) is 4.99.